The summed E-state index contributed by atoms with van der Waals surface area (Å²) < 4.78 is 8.97. The lowest BCUT2D eigenvalue weighted by molar-refractivity contribution is 0.670. The standard InChI is InChI=1S/C40H22OS2/c1-3-13-34-27(7-1)33-12-5-9-26(40(33)41-34)24-16-18-30-29-17-15-23(21-37(29)43-38(30)22-24)25-19-20-36-39-31(25)10-6-11-32(39)28-8-2-4-14-35(28)42-36/h1-22H. The first-order chi connectivity index (χ1) is 21.3. The third kappa shape index (κ3) is 3.41. The zero-order chi connectivity index (χ0) is 28.1. The van der Waals surface area contributed by atoms with Gasteiger partial charge in [-0.25, -0.2) is 0 Å². The second-order valence-electron chi connectivity index (χ2n) is 11.2. The third-order valence-electron chi connectivity index (χ3n) is 8.90. The van der Waals surface area contributed by atoms with Crippen molar-refractivity contribution >= 4 is 76.0 Å². The number of hydrogen-bond donors (Lipinski definition) is 0. The van der Waals surface area contributed by atoms with Crippen molar-refractivity contribution in [2.45, 2.75) is 9.79 Å². The molecule has 3 heteroatoms. The minimum absolute atomic E-state index is 0.932. The van der Waals surface area contributed by atoms with Gasteiger partial charge in [0.25, 0.3) is 0 Å². The van der Waals surface area contributed by atoms with Crippen molar-refractivity contribution in [2.75, 3.05) is 0 Å². The fourth-order valence-corrected chi connectivity index (χ4v) is 9.23. The van der Waals surface area contributed by atoms with Crippen LogP contribution in [-0.4, -0.2) is 0 Å². The molecule has 0 radical (unpaired) electrons. The first kappa shape index (κ1) is 23.7. The van der Waals surface area contributed by atoms with Gasteiger partial charge in [0.15, 0.2) is 0 Å². The fraction of sp³-hybridized carbons (Fsp3) is 0. The predicted octanol–water partition coefficient (Wildman–Crippen LogP) is 12.6. The van der Waals surface area contributed by atoms with Crippen LogP contribution in [0.3, 0.4) is 0 Å². The van der Waals surface area contributed by atoms with E-state index in [1.54, 1.807) is 0 Å². The van der Waals surface area contributed by atoms with Gasteiger partial charge in [0.1, 0.15) is 11.2 Å². The normalized spacial score (nSPS) is 12.6. The molecule has 0 saturated heterocycles. The quantitative estimate of drug-likeness (QED) is 0.201. The Bertz CT molecular complexity index is 2600. The van der Waals surface area contributed by atoms with Crippen molar-refractivity contribution in [2.24, 2.45) is 0 Å². The molecule has 43 heavy (non-hydrogen) atoms. The Morgan fingerprint density at radius 2 is 1.09 bits per heavy atom. The Kier molecular flexibility index (Phi) is 4.87. The lowest BCUT2D eigenvalue weighted by Gasteiger charge is -2.21. The summed E-state index contributed by atoms with van der Waals surface area (Å²) in [5, 5.41) is 7.62. The first-order valence-electron chi connectivity index (χ1n) is 14.5. The van der Waals surface area contributed by atoms with Gasteiger partial charge in [-0.15, -0.1) is 11.3 Å². The van der Waals surface area contributed by atoms with Crippen LogP contribution in [0.4, 0.5) is 0 Å². The van der Waals surface area contributed by atoms with Crippen LogP contribution >= 0.6 is 23.1 Å². The van der Waals surface area contributed by atoms with E-state index in [0.29, 0.717) is 0 Å². The summed E-state index contributed by atoms with van der Waals surface area (Å²) in [6.45, 7) is 0. The molecule has 10 rings (SSSR count). The second kappa shape index (κ2) is 8.84. The molecule has 200 valence electrons. The summed E-state index contributed by atoms with van der Waals surface area (Å²) in [7, 11) is 0. The Hall–Kier alpha value is -4.83. The average molecular weight is 583 g/mol. The first-order valence-corrected chi connectivity index (χ1v) is 16.1. The molecule has 1 nitrogen and oxygen atoms in total. The van der Waals surface area contributed by atoms with E-state index in [1.807, 2.05) is 35.2 Å². The lowest BCUT2D eigenvalue weighted by atomic mass is 9.92. The van der Waals surface area contributed by atoms with Crippen LogP contribution in [0.1, 0.15) is 0 Å². The Balaban J connectivity index is 1.12. The molecule has 0 aliphatic carbocycles. The highest BCUT2D eigenvalue weighted by atomic mass is 32.2. The van der Waals surface area contributed by atoms with Gasteiger partial charge in [0.05, 0.1) is 0 Å². The summed E-state index contributed by atoms with van der Waals surface area (Å²) in [4.78, 5) is 2.67. The van der Waals surface area contributed by atoms with E-state index in [1.165, 1.54) is 68.6 Å². The van der Waals surface area contributed by atoms with Crippen molar-refractivity contribution in [3.05, 3.63) is 133 Å². The SMILES string of the molecule is c1ccc2c(c1)Sc1ccc(-c3ccc4c(c3)sc3cc(-c5cccc6c5oc5ccccc56)ccc34)c3cccc-2c13. The van der Waals surface area contributed by atoms with Gasteiger partial charge in [-0.2, -0.15) is 0 Å². The zero-order valence-electron chi connectivity index (χ0n) is 22.9. The maximum atomic E-state index is 6.36. The van der Waals surface area contributed by atoms with E-state index >= 15 is 0 Å². The van der Waals surface area contributed by atoms with E-state index in [-0.39, 0.29) is 0 Å². The van der Waals surface area contributed by atoms with Gasteiger partial charge in [0.2, 0.25) is 0 Å². The average Bonchev–Trinajstić information content (AvgIpc) is 3.62. The summed E-state index contributed by atoms with van der Waals surface area (Å²) in [5.41, 5.74) is 9.42. The third-order valence-corrected chi connectivity index (χ3v) is 11.2. The lowest BCUT2D eigenvalue weighted by Crippen LogP contribution is -1.93. The van der Waals surface area contributed by atoms with Crippen molar-refractivity contribution in [3.8, 4) is 33.4 Å². The minimum atomic E-state index is 0.932. The Morgan fingerprint density at radius 1 is 0.419 bits per heavy atom. The van der Waals surface area contributed by atoms with E-state index in [4.69, 9.17) is 4.42 Å². The number of para-hydroxylation sites is 2. The summed E-state index contributed by atoms with van der Waals surface area (Å²) >= 11 is 3.75. The van der Waals surface area contributed by atoms with Gasteiger partial charge in [-0.05, 0) is 63.5 Å². The van der Waals surface area contributed by atoms with Crippen LogP contribution in [0, 0.1) is 0 Å². The molecule has 0 saturated carbocycles. The number of hydrogen-bond acceptors (Lipinski definition) is 3. The van der Waals surface area contributed by atoms with Gasteiger partial charge in [0, 0.05) is 51.7 Å². The van der Waals surface area contributed by atoms with E-state index in [9.17, 15) is 0 Å². The molecule has 2 aromatic heterocycles. The van der Waals surface area contributed by atoms with Gasteiger partial charge < -0.3 is 4.42 Å². The van der Waals surface area contributed by atoms with Crippen LogP contribution < -0.4 is 0 Å². The molecule has 9 aromatic rings. The van der Waals surface area contributed by atoms with Crippen molar-refractivity contribution in [3.63, 3.8) is 0 Å². The molecular formula is C40H22OS2. The predicted molar refractivity (Wildman–Crippen MR) is 185 cm³/mol. The molecule has 0 unspecified atom stereocenters. The second-order valence-corrected chi connectivity index (χ2v) is 13.4. The molecule has 3 heterocycles. The van der Waals surface area contributed by atoms with Crippen LogP contribution in [0.5, 0.6) is 0 Å². The highest BCUT2D eigenvalue weighted by molar-refractivity contribution is 7.99. The number of benzene rings is 7. The van der Waals surface area contributed by atoms with E-state index < -0.39 is 0 Å². The topological polar surface area (TPSA) is 13.1 Å². The summed E-state index contributed by atoms with van der Waals surface area (Å²) in [6.07, 6.45) is 0. The monoisotopic (exact) mass is 582 g/mol. The molecule has 0 fully saturated rings. The van der Waals surface area contributed by atoms with Crippen LogP contribution in [-0.2, 0) is 0 Å². The number of furan rings is 1. The molecule has 0 amide bonds. The molecule has 0 bridgehead atoms. The molecule has 0 N–H and O–H groups in total. The zero-order valence-corrected chi connectivity index (χ0v) is 24.6. The highest BCUT2D eigenvalue weighted by Crippen LogP contribution is 2.50. The number of rotatable bonds is 2. The Labute approximate surface area is 256 Å². The fourth-order valence-electron chi connectivity index (χ4n) is 6.92. The Morgan fingerprint density at radius 3 is 1.95 bits per heavy atom. The maximum absolute atomic E-state index is 6.36. The molecular weight excluding hydrogens is 561 g/mol. The van der Waals surface area contributed by atoms with Crippen molar-refractivity contribution < 1.29 is 4.42 Å². The maximum Gasteiger partial charge on any atom is 0.143 e. The highest BCUT2D eigenvalue weighted by Gasteiger charge is 2.21. The smallest absolute Gasteiger partial charge is 0.143 e. The van der Waals surface area contributed by atoms with Gasteiger partial charge in [-0.1, -0.05) is 115 Å². The summed E-state index contributed by atoms with van der Waals surface area (Å²) in [6, 6.07) is 48.7. The summed E-state index contributed by atoms with van der Waals surface area (Å²) in [5.74, 6) is 0. The number of fused-ring (bicyclic) bond motifs is 8. The minimum Gasteiger partial charge on any atom is -0.455 e. The molecule has 1 aliphatic heterocycles. The van der Waals surface area contributed by atoms with Crippen LogP contribution in [0.25, 0.3) is 86.3 Å². The van der Waals surface area contributed by atoms with E-state index in [2.05, 4.69) is 121 Å². The molecule has 0 atom stereocenters. The van der Waals surface area contributed by atoms with Crippen LogP contribution in [0.15, 0.2) is 148 Å². The van der Waals surface area contributed by atoms with Crippen molar-refractivity contribution in [1.29, 1.82) is 0 Å². The largest absolute Gasteiger partial charge is 0.455 e. The van der Waals surface area contributed by atoms with E-state index in [0.717, 1.165) is 27.5 Å². The van der Waals surface area contributed by atoms with Crippen molar-refractivity contribution in [1.82, 2.24) is 0 Å². The molecule has 0 spiro atoms. The van der Waals surface area contributed by atoms with Crippen LogP contribution in [0.2, 0.25) is 0 Å². The van der Waals surface area contributed by atoms with Gasteiger partial charge >= 0.3 is 0 Å². The molecule has 7 aromatic carbocycles. The van der Waals surface area contributed by atoms with Gasteiger partial charge in [-0.3, -0.25) is 0 Å². The molecule has 1 aliphatic rings. The number of thiophene rings is 1.